The molecule has 2 amide bonds. The minimum atomic E-state index is -0.283. The van der Waals surface area contributed by atoms with Crippen LogP contribution in [0.25, 0.3) is 0 Å². The third-order valence-electron chi connectivity index (χ3n) is 1.94. The number of para-hydroxylation sites is 1. The Bertz CT molecular complexity index is 416. The first-order chi connectivity index (χ1) is 7.54. The van der Waals surface area contributed by atoms with Crippen molar-refractivity contribution in [2.75, 3.05) is 10.6 Å². The fourth-order valence-electron chi connectivity index (χ4n) is 1.17. The standard InChI is InChI=1S/C11H14N2O3/c1-3-10(15)13-9-6-4-5-8(11(9)16)12-7(2)14/h4-6,16H,3H2,1-2H3,(H,12,14)(H,13,15). The Morgan fingerprint density at radius 1 is 1.25 bits per heavy atom. The lowest BCUT2D eigenvalue weighted by atomic mass is 10.2. The number of phenols is 1. The van der Waals surface area contributed by atoms with Crippen LogP contribution in [0, 0.1) is 0 Å². The van der Waals surface area contributed by atoms with Crippen LogP contribution in [0.3, 0.4) is 0 Å². The molecule has 0 aliphatic rings. The predicted octanol–water partition coefficient (Wildman–Crippen LogP) is 1.70. The number of rotatable bonds is 3. The largest absolute Gasteiger partial charge is 0.504 e. The Morgan fingerprint density at radius 2 is 1.81 bits per heavy atom. The summed E-state index contributed by atoms with van der Waals surface area (Å²) in [5.74, 6) is -0.621. The van der Waals surface area contributed by atoms with Crippen LogP contribution >= 0.6 is 0 Å². The quantitative estimate of drug-likeness (QED) is 0.681. The highest BCUT2D eigenvalue weighted by Gasteiger charge is 2.09. The highest BCUT2D eigenvalue weighted by molar-refractivity contribution is 5.96. The molecule has 0 fully saturated rings. The van der Waals surface area contributed by atoms with Gasteiger partial charge in [-0.3, -0.25) is 9.59 Å². The number of benzene rings is 1. The van der Waals surface area contributed by atoms with E-state index in [4.69, 9.17) is 0 Å². The molecule has 86 valence electrons. The fourth-order valence-corrected chi connectivity index (χ4v) is 1.17. The van der Waals surface area contributed by atoms with Gasteiger partial charge in [0.2, 0.25) is 11.8 Å². The lowest BCUT2D eigenvalue weighted by molar-refractivity contribution is -0.116. The molecule has 0 unspecified atom stereocenters. The highest BCUT2D eigenvalue weighted by atomic mass is 16.3. The Labute approximate surface area is 93.5 Å². The van der Waals surface area contributed by atoms with Crippen molar-refractivity contribution in [1.29, 1.82) is 0 Å². The van der Waals surface area contributed by atoms with Crippen LogP contribution in [0.1, 0.15) is 20.3 Å². The summed E-state index contributed by atoms with van der Waals surface area (Å²) in [4.78, 5) is 22.0. The molecule has 0 aliphatic heterocycles. The second-order valence-electron chi connectivity index (χ2n) is 3.28. The smallest absolute Gasteiger partial charge is 0.224 e. The van der Waals surface area contributed by atoms with E-state index in [0.717, 1.165) is 0 Å². The summed E-state index contributed by atoms with van der Waals surface area (Å²) in [7, 11) is 0. The Morgan fingerprint density at radius 3 is 2.31 bits per heavy atom. The maximum absolute atomic E-state index is 11.2. The summed E-state index contributed by atoms with van der Waals surface area (Å²) >= 11 is 0. The van der Waals surface area contributed by atoms with E-state index in [2.05, 4.69) is 10.6 Å². The van der Waals surface area contributed by atoms with Crippen molar-refractivity contribution in [2.45, 2.75) is 20.3 Å². The molecule has 1 aromatic carbocycles. The monoisotopic (exact) mass is 222 g/mol. The van der Waals surface area contributed by atoms with Crippen LogP contribution in [0.15, 0.2) is 18.2 Å². The zero-order valence-electron chi connectivity index (χ0n) is 9.20. The second-order valence-corrected chi connectivity index (χ2v) is 3.28. The molecule has 16 heavy (non-hydrogen) atoms. The van der Waals surface area contributed by atoms with Gasteiger partial charge in [0.25, 0.3) is 0 Å². The molecule has 0 spiro atoms. The Balaban J connectivity index is 2.94. The summed E-state index contributed by atoms with van der Waals surface area (Å²) in [5.41, 5.74) is 0.569. The molecule has 5 heteroatoms. The lowest BCUT2D eigenvalue weighted by Crippen LogP contribution is -2.11. The third kappa shape index (κ3) is 2.98. The number of phenolic OH excluding ortho intramolecular Hbond substituents is 1. The molecule has 0 aromatic heterocycles. The van der Waals surface area contributed by atoms with Crippen molar-refractivity contribution in [1.82, 2.24) is 0 Å². The van der Waals surface area contributed by atoms with E-state index >= 15 is 0 Å². The van der Waals surface area contributed by atoms with Crippen LogP contribution in [-0.2, 0) is 9.59 Å². The molecule has 0 aliphatic carbocycles. The zero-order chi connectivity index (χ0) is 12.1. The molecular formula is C11H14N2O3. The van der Waals surface area contributed by atoms with Crippen molar-refractivity contribution >= 4 is 23.2 Å². The van der Waals surface area contributed by atoms with Gasteiger partial charge in [0.1, 0.15) is 0 Å². The SMILES string of the molecule is CCC(=O)Nc1cccc(NC(C)=O)c1O. The molecule has 0 atom stereocenters. The molecule has 0 radical (unpaired) electrons. The van der Waals surface area contributed by atoms with Gasteiger partial charge in [0.05, 0.1) is 11.4 Å². The maximum Gasteiger partial charge on any atom is 0.224 e. The normalized spacial score (nSPS) is 9.62. The van der Waals surface area contributed by atoms with E-state index < -0.39 is 0 Å². The predicted molar refractivity (Wildman–Crippen MR) is 61.3 cm³/mol. The third-order valence-corrected chi connectivity index (χ3v) is 1.94. The molecule has 1 rings (SSSR count). The first kappa shape index (κ1) is 12.0. The maximum atomic E-state index is 11.2. The van der Waals surface area contributed by atoms with E-state index in [9.17, 15) is 14.7 Å². The van der Waals surface area contributed by atoms with Gasteiger partial charge < -0.3 is 15.7 Å². The summed E-state index contributed by atoms with van der Waals surface area (Å²) in [6, 6.07) is 4.75. The highest BCUT2D eigenvalue weighted by Crippen LogP contribution is 2.31. The van der Waals surface area contributed by atoms with E-state index in [1.54, 1.807) is 25.1 Å². The van der Waals surface area contributed by atoms with Gasteiger partial charge in [-0.2, -0.15) is 0 Å². The van der Waals surface area contributed by atoms with Gasteiger partial charge in [0.15, 0.2) is 5.75 Å². The molecular weight excluding hydrogens is 208 g/mol. The topological polar surface area (TPSA) is 78.4 Å². The lowest BCUT2D eigenvalue weighted by Gasteiger charge is -2.10. The zero-order valence-corrected chi connectivity index (χ0v) is 9.20. The van der Waals surface area contributed by atoms with Crippen LogP contribution in [0.2, 0.25) is 0 Å². The fraction of sp³-hybridized carbons (Fsp3) is 0.273. The molecule has 1 aromatic rings. The summed E-state index contributed by atoms with van der Waals surface area (Å²) in [6.07, 6.45) is 0.323. The van der Waals surface area contributed by atoms with E-state index in [-0.39, 0.29) is 28.9 Å². The number of hydrogen-bond acceptors (Lipinski definition) is 3. The molecule has 0 saturated heterocycles. The number of anilines is 2. The first-order valence-corrected chi connectivity index (χ1v) is 4.94. The van der Waals surface area contributed by atoms with Crippen LogP contribution in [-0.4, -0.2) is 16.9 Å². The van der Waals surface area contributed by atoms with Gasteiger partial charge >= 0.3 is 0 Å². The molecule has 0 heterocycles. The van der Waals surface area contributed by atoms with Crippen LogP contribution < -0.4 is 10.6 Å². The van der Waals surface area contributed by atoms with Gasteiger partial charge in [-0.15, -0.1) is 0 Å². The van der Waals surface area contributed by atoms with E-state index in [1.165, 1.54) is 6.92 Å². The minimum Gasteiger partial charge on any atom is -0.504 e. The van der Waals surface area contributed by atoms with Crippen molar-refractivity contribution in [3.8, 4) is 5.75 Å². The number of hydrogen-bond donors (Lipinski definition) is 3. The number of carbonyl (C=O) groups is 2. The average molecular weight is 222 g/mol. The number of aromatic hydroxyl groups is 1. The van der Waals surface area contributed by atoms with E-state index in [0.29, 0.717) is 6.42 Å². The Kier molecular flexibility index (Phi) is 3.88. The summed E-state index contributed by atoms with van der Waals surface area (Å²) < 4.78 is 0. The van der Waals surface area contributed by atoms with Crippen molar-refractivity contribution in [3.63, 3.8) is 0 Å². The molecule has 0 bridgehead atoms. The van der Waals surface area contributed by atoms with Gasteiger partial charge in [-0.25, -0.2) is 0 Å². The molecule has 0 saturated carbocycles. The van der Waals surface area contributed by atoms with Crippen molar-refractivity contribution in [3.05, 3.63) is 18.2 Å². The molecule has 5 nitrogen and oxygen atoms in total. The number of nitrogens with one attached hydrogen (secondary N) is 2. The minimum absolute atomic E-state index is 0.139. The van der Waals surface area contributed by atoms with Gasteiger partial charge in [0, 0.05) is 13.3 Å². The summed E-state index contributed by atoms with van der Waals surface area (Å²) in [6.45, 7) is 3.06. The van der Waals surface area contributed by atoms with Crippen molar-refractivity contribution < 1.29 is 14.7 Å². The second kappa shape index (κ2) is 5.16. The Hall–Kier alpha value is -2.04. The van der Waals surface area contributed by atoms with E-state index in [1.807, 2.05) is 0 Å². The number of carbonyl (C=O) groups excluding carboxylic acids is 2. The van der Waals surface area contributed by atoms with Crippen molar-refractivity contribution in [2.24, 2.45) is 0 Å². The molecule has 3 N–H and O–H groups in total. The van der Waals surface area contributed by atoms with Gasteiger partial charge in [-0.05, 0) is 12.1 Å². The van der Waals surface area contributed by atoms with Crippen LogP contribution in [0.5, 0.6) is 5.75 Å². The summed E-state index contributed by atoms with van der Waals surface area (Å²) in [5, 5.41) is 14.8. The average Bonchev–Trinajstić information content (AvgIpc) is 2.23. The van der Waals surface area contributed by atoms with Crippen LogP contribution in [0.4, 0.5) is 11.4 Å². The van der Waals surface area contributed by atoms with Gasteiger partial charge in [-0.1, -0.05) is 13.0 Å². The number of amides is 2. The first-order valence-electron chi connectivity index (χ1n) is 4.94.